The number of hydrogen-bond acceptors (Lipinski definition) is 4. The summed E-state index contributed by atoms with van der Waals surface area (Å²) in [5, 5.41) is 2.73. The number of unbranched alkanes of at least 4 members (excludes halogenated alkanes) is 2. The standard InChI is InChI=1S/C38H50O4/c1-9-11-15-27-31-21-33-29(19-23(3)4)25-17-13-14-18-26(25)30(20-24(5)6)34(33)22-32(31)28(16-12-10-2)36(38(40)42-8)35(27)37(39)41-7/h13-14,17-18,23-24H,9-12,15-16,19-22H2,1-8H3. The van der Waals surface area contributed by atoms with Gasteiger partial charge >= 0.3 is 11.9 Å². The predicted molar refractivity (Wildman–Crippen MR) is 173 cm³/mol. The fraction of sp³-hybridized carbons (Fsp3) is 0.526. The van der Waals surface area contributed by atoms with E-state index in [1.54, 1.807) is 0 Å². The molecule has 0 spiro atoms. The maximum atomic E-state index is 13.5. The average molecular weight is 571 g/mol. The lowest BCUT2D eigenvalue weighted by atomic mass is 9.71. The molecule has 0 heterocycles. The van der Waals surface area contributed by atoms with Crippen molar-refractivity contribution in [1.82, 2.24) is 0 Å². The number of carbonyl (C=O) groups excluding carboxylic acids is 2. The molecule has 1 aliphatic carbocycles. The van der Waals surface area contributed by atoms with Crippen molar-refractivity contribution in [2.24, 2.45) is 11.8 Å². The minimum atomic E-state index is -0.436. The highest BCUT2D eigenvalue weighted by molar-refractivity contribution is 6.06. The van der Waals surface area contributed by atoms with Gasteiger partial charge in [0.05, 0.1) is 25.3 Å². The smallest absolute Gasteiger partial charge is 0.339 e. The second-order valence-corrected chi connectivity index (χ2v) is 12.9. The van der Waals surface area contributed by atoms with Crippen LogP contribution in [0.3, 0.4) is 0 Å². The molecule has 226 valence electrons. The molecule has 42 heavy (non-hydrogen) atoms. The zero-order valence-corrected chi connectivity index (χ0v) is 27.2. The highest BCUT2D eigenvalue weighted by Crippen LogP contribution is 2.44. The minimum absolute atomic E-state index is 0.430. The number of esters is 2. The number of ether oxygens (including phenoxy) is 2. The van der Waals surface area contributed by atoms with Gasteiger partial charge in [-0.25, -0.2) is 9.59 Å². The zero-order chi connectivity index (χ0) is 30.6. The minimum Gasteiger partial charge on any atom is -0.465 e. The Kier molecular flexibility index (Phi) is 10.5. The van der Waals surface area contributed by atoms with E-state index in [2.05, 4.69) is 65.8 Å². The number of benzene rings is 3. The molecule has 0 aromatic heterocycles. The largest absolute Gasteiger partial charge is 0.465 e. The van der Waals surface area contributed by atoms with E-state index in [1.165, 1.54) is 58.4 Å². The van der Waals surface area contributed by atoms with Gasteiger partial charge in [-0.2, -0.15) is 0 Å². The topological polar surface area (TPSA) is 52.6 Å². The summed E-state index contributed by atoms with van der Waals surface area (Å²) < 4.78 is 10.7. The van der Waals surface area contributed by atoms with E-state index in [4.69, 9.17) is 9.47 Å². The molecule has 0 saturated carbocycles. The van der Waals surface area contributed by atoms with Crippen LogP contribution in [0.25, 0.3) is 10.8 Å². The molecule has 0 N–H and O–H groups in total. The second kappa shape index (κ2) is 13.9. The van der Waals surface area contributed by atoms with Gasteiger partial charge in [-0.1, -0.05) is 78.6 Å². The number of hydrogen-bond donors (Lipinski definition) is 0. The van der Waals surface area contributed by atoms with Crippen LogP contribution in [0.15, 0.2) is 24.3 Å². The molecule has 3 aromatic carbocycles. The lowest BCUT2D eigenvalue weighted by Gasteiger charge is -2.33. The van der Waals surface area contributed by atoms with Crippen LogP contribution >= 0.6 is 0 Å². The Bertz CT molecular complexity index is 1350. The summed E-state index contributed by atoms with van der Waals surface area (Å²) in [5.74, 6) is 0.159. The van der Waals surface area contributed by atoms with Gasteiger partial charge < -0.3 is 9.47 Å². The lowest BCUT2D eigenvalue weighted by Crippen LogP contribution is -2.25. The Balaban J connectivity index is 2.15. The van der Waals surface area contributed by atoms with E-state index in [-0.39, 0.29) is 0 Å². The Morgan fingerprint density at radius 1 is 0.643 bits per heavy atom. The third-order valence-electron chi connectivity index (χ3n) is 8.89. The number of rotatable bonds is 12. The van der Waals surface area contributed by atoms with E-state index in [0.29, 0.717) is 23.0 Å². The summed E-state index contributed by atoms with van der Waals surface area (Å²) in [6, 6.07) is 8.94. The molecule has 0 fully saturated rings. The molecule has 4 rings (SSSR count). The van der Waals surface area contributed by atoms with Crippen molar-refractivity contribution in [1.29, 1.82) is 0 Å². The molecule has 0 bridgehead atoms. The fourth-order valence-electron chi connectivity index (χ4n) is 7.07. The molecule has 0 radical (unpaired) electrons. The van der Waals surface area contributed by atoms with Crippen LogP contribution in [0.4, 0.5) is 0 Å². The Hall–Kier alpha value is -3.14. The van der Waals surface area contributed by atoms with Gasteiger partial charge in [0.2, 0.25) is 0 Å². The van der Waals surface area contributed by atoms with E-state index in [1.807, 2.05) is 0 Å². The Morgan fingerprint density at radius 3 is 1.31 bits per heavy atom. The molecule has 0 atom stereocenters. The third kappa shape index (κ3) is 6.14. The summed E-state index contributed by atoms with van der Waals surface area (Å²) in [7, 11) is 2.83. The van der Waals surface area contributed by atoms with Gasteiger partial charge in [0, 0.05) is 0 Å². The van der Waals surface area contributed by atoms with Crippen molar-refractivity contribution in [3.63, 3.8) is 0 Å². The van der Waals surface area contributed by atoms with Crippen molar-refractivity contribution in [2.75, 3.05) is 14.2 Å². The fourth-order valence-corrected chi connectivity index (χ4v) is 7.07. The van der Waals surface area contributed by atoms with Crippen LogP contribution in [0.5, 0.6) is 0 Å². The van der Waals surface area contributed by atoms with Gasteiger partial charge in [-0.3, -0.25) is 0 Å². The number of fused-ring (bicyclic) bond motifs is 3. The first kappa shape index (κ1) is 31.8. The van der Waals surface area contributed by atoms with E-state index < -0.39 is 11.9 Å². The van der Waals surface area contributed by atoms with Crippen molar-refractivity contribution < 1.29 is 19.1 Å². The highest BCUT2D eigenvalue weighted by Gasteiger charge is 2.35. The zero-order valence-electron chi connectivity index (χ0n) is 27.2. The first-order valence-electron chi connectivity index (χ1n) is 16.1. The normalized spacial score (nSPS) is 12.5. The molecule has 4 nitrogen and oxygen atoms in total. The van der Waals surface area contributed by atoms with E-state index in [9.17, 15) is 9.59 Å². The van der Waals surface area contributed by atoms with E-state index >= 15 is 0 Å². The van der Waals surface area contributed by atoms with Crippen LogP contribution in [0, 0.1) is 11.8 Å². The first-order chi connectivity index (χ1) is 20.2. The van der Waals surface area contributed by atoms with Crippen molar-refractivity contribution >= 4 is 22.7 Å². The molecule has 0 amide bonds. The van der Waals surface area contributed by atoms with E-state index in [0.717, 1.165) is 75.3 Å². The SMILES string of the molecule is CCCCc1c2c(c(CCCC)c(C(=O)OC)c1C(=O)OC)Cc1c(c(CC(C)C)c3ccccc3c1CC(C)C)C2. The Morgan fingerprint density at radius 2 is 1.00 bits per heavy atom. The number of methoxy groups -OCH3 is 2. The van der Waals surface area contributed by atoms with Crippen LogP contribution in [-0.4, -0.2) is 26.2 Å². The van der Waals surface area contributed by atoms with Crippen molar-refractivity contribution in [3.8, 4) is 0 Å². The Labute approximate surface area is 253 Å². The second-order valence-electron chi connectivity index (χ2n) is 12.9. The summed E-state index contributed by atoms with van der Waals surface area (Å²) in [4.78, 5) is 27.1. The van der Waals surface area contributed by atoms with Crippen LogP contribution in [0.1, 0.15) is 132 Å². The van der Waals surface area contributed by atoms with Gasteiger partial charge in [0.25, 0.3) is 0 Å². The van der Waals surface area contributed by atoms with Gasteiger partial charge in [-0.15, -0.1) is 0 Å². The molecule has 0 unspecified atom stereocenters. The number of carbonyl (C=O) groups is 2. The summed E-state index contributed by atoms with van der Waals surface area (Å²) >= 11 is 0. The maximum absolute atomic E-state index is 13.5. The average Bonchev–Trinajstić information content (AvgIpc) is 2.98. The highest BCUT2D eigenvalue weighted by atomic mass is 16.5. The molecular weight excluding hydrogens is 520 g/mol. The summed E-state index contributed by atoms with van der Waals surface area (Å²) in [6.07, 6.45) is 8.94. The monoisotopic (exact) mass is 570 g/mol. The molecule has 4 heteroatoms. The lowest BCUT2D eigenvalue weighted by molar-refractivity contribution is 0.0552. The third-order valence-corrected chi connectivity index (χ3v) is 8.89. The van der Waals surface area contributed by atoms with Crippen LogP contribution in [0.2, 0.25) is 0 Å². The molecule has 0 aliphatic heterocycles. The predicted octanol–water partition coefficient (Wildman–Crippen LogP) is 8.99. The van der Waals surface area contributed by atoms with Gasteiger partial charge in [0.15, 0.2) is 0 Å². The van der Waals surface area contributed by atoms with Gasteiger partial charge in [-0.05, 0) is 118 Å². The summed E-state index contributed by atoms with van der Waals surface area (Å²) in [5.41, 5.74) is 11.1. The van der Waals surface area contributed by atoms with Crippen LogP contribution in [-0.2, 0) is 48.0 Å². The van der Waals surface area contributed by atoms with Crippen molar-refractivity contribution in [3.05, 3.63) is 79.9 Å². The molecule has 0 saturated heterocycles. The maximum Gasteiger partial charge on any atom is 0.339 e. The molecular formula is C38H50O4. The summed E-state index contributed by atoms with van der Waals surface area (Å²) in [6.45, 7) is 13.5. The van der Waals surface area contributed by atoms with Crippen molar-refractivity contribution in [2.45, 2.75) is 106 Å². The molecule has 3 aromatic rings. The van der Waals surface area contributed by atoms with Crippen LogP contribution < -0.4 is 0 Å². The van der Waals surface area contributed by atoms with Gasteiger partial charge in [0.1, 0.15) is 0 Å². The first-order valence-corrected chi connectivity index (χ1v) is 16.1. The molecule has 1 aliphatic rings. The quantitative estimate of drug-likeness (QED) is 0.160.